The van der Waals surface area contributed by atoms with Gasteiger partial charge in [-0.2, -0.15) is 0 Å². The molecule has 0 saturated heterocycles. The molecule has 13 nitrogen and oxygen atoms in total. The molecule has 1 aromatic carbocycles. The summed E-state index contributed by atoms with van der Waals surface area (Å²) in [7, 11) is 0. The number of aldehydes is 1. The lowest BCUT2D eigenvalue weighted by molar-refractivity contribution is -0.172. The van der Waals surface area contributed by atoms with E-state index < -0.39 is 83.1 Å². The molecule has 0 spiro atoms. The molecule has 0 aliphatic heterocycles. The van der Waals surface area contributed by atoms with Gasteiger partial charge in [-0.1, -0.05) is 52.0 Å². The number of phenols is 1. The van der Waals surface area contributed by atoms with Crippen LogP contribution in [0.3, 0.4) is 0 Å². The molecule has 0 saturated carbocycles. The van der Waals surface area contributed by atoms with Crippen LogP contribution in [0.5, 0.6) is 5.75 Å². The Kier molecular flexibility index (Phi) is 14.0. The molecule has 0 fully saturated rings. The van der Waals surface area contributed by atoms with E-state index >= 15 is 0 Å². The Balaban J connectivity index is 1.85. The lowest BCUT2D eigenvalue weighted by Crippen LogP contribution is -2.47. The number of aryl methyl sites for hydroxylation is 2. The Morgan fingerprint density at radius 2 is 1.30 bits per heavy atom. The largest absolute Gasteiger partial charge is 0.507 e. The molecule has 284 valence electrons. The summed E-state index contributed by atoms with van der Waals surface area (Å²) >= 11 is 0. The zero-order valence-electron chi connectivity index (χ0n) is 31.6. The summed E-state index contributed by atoms with van der Waals surface area (Å²) in [5.74, 6) is -5.85. The first kappa shape index (κ1) is 41.8. The van der Waals surface area contributed by atoms with Crippen molar-refractivity contribution in [1.29, 1.82) is 0 Å². The second-order valence-corrected chi connectivity index (χ2v) is 13.4. The van der Waals surface area contributed by atoms with Crippen LogP contribution in [-0.2, 0) is 38.2 Å². The maximum atomic E-state index is 13.4. The van der Waals surface area contributed by atoms with Crippen molar-refractivity contribution < 1.29 is 57.3 Å². The van der Waals surface area contributed by atoms with Gasteiger partial charge in [0, 0.05) is 72.6 Å². The van der Waals surface area contributed by atoms with Gasteiger partial charge in [0.15, 0.2) is 5.78 Å². The van der Waals surface area contributed by atoms with E-state index in [1.165, 1.54) is 39.8 Å². The standard InChI is InChI=1S/C40H47NO12/c1-19(36(51-26(8)43)24(6)38(53-28(10)45)25(7)37(52-27(9)44)20(2)15-12-16-42)13-11-14-21(3)40(49)41-30-18-31(46)32-29-17-22(4)50-39(29)23(5)34(47)33(32)35(30)48/h11-20,24-25,36-38,47H,1-10H3,(H,41,49)/b13-11+,15-12+,21-14-/t19-,20+,24+,25-,36-,37+,38+/m0/s1. The third-order valence-corrected chi connectivity index (χ3v) is 9.18. The molecule has 2 N–H and O–H groups in total. The number of aromatic hydroxyl groups is 1. The number of fused-ring (bicyclic) bond motifs is 3. The number of allylic oxidation sites excluding steroid dienone is 5. The summed E-state index contributed by atoms with van der Waals surface area (Å²) in [6.45, 7) is 15.5. The second-order valence-electron chi connectivity index (χ2n) is 13.4. The number of rotatable bonds is 15. The number of carbonyl (C=O) groups excluding carboxylic acids is 7. The molecule has 1 amide bonds. The van der Waals surface area contributed by atoms with Gasteiger partial charge in [-0.3, -0.25) is 33.6 Å². The van der Waals surface area contributed by atoms with Crippen LogP contribution in [-0.4, -0.2) is 65.1 Å². The maximum Gasteiger partial charge on any atom is 0.302 e. The van der Waals surface area contributed by atoms with Crippen LogP contribution in [0.2, 0.25) is 0 Å². The molecular weight excluding hydrogens is 686 g/mol. The highest BCUT2D eigenvalue weighted by molar-refractivity contribution is 6.30. The molecule has 0 unspecified atom stereocenters. The highest BCUT2D eigenvalue weighted by Crippen LogP contribution is 2.40. The molecule has 1 aliphatic rings. The van der Waals surface area contributed by atoms with E-state index in [2.05, 4.69) is 5.32 Å². The molecule has 1 heterocycles. The molecule has 1 aliphatic carbocycles. The number of esters is 3. The van der Waals surface area contributed by atoms with E-state index in [1.807, 2.05) is 0 Å². The van der Waals surface area contributed by atoms with Crippen molar-refractivity contribution >= 4 is 52.6 Å². The number of hydrogen-bond acceptors (Lipinski definition) is 12. The van der Waals surface area contributed by atoms with Crippen LogP contribution in [0.15, 0.2) is 58.2 Å². The molecule has 53 heavy (non-hydrogen) atoms. The van der Waals surface area contributed by atoms with Crippen LogP contribution in [0.1, 0.15) is 87.4 Å². The highest BCUT2D eigenvalue weighted by atomic mass is 16.6. The summed E-state index contributed by atoms with van der Waals surface area (Å²) in [4.78, 5) is 87.3. The first-order valence-electron chi connectivity index (χ1n) is 17.2. The lowest BCUT2D eigenvalue weighted by Gasteiger charge is -2.39. The minimum absolute atomic E-state index is 0.000165. The van der Waals surface area contributed by atoms with Gasteiger partial charge in [0.05, 0.1) is 11.3 Å². The minimum Gasteiger partial charge on any atom is -0.507 e. The average Bonchev–Trinajstić information content (AvgIpc) is 3.47. The van der Waals surface area contributed by atoms with E-state index in [0.29, 0.717) is 23.0 Å². The molecule has 0 radical (unpaired) electrons. The van der Waals surface area contributed by atoms with Crippen molar-refractivity contribution in [2.24, 2.45) is 23.7 Å². The van der Waals surface area contributed by atoms with E-state index in [9.17, 15) is 38.7 Å². The van der Waals surface area contributed by atoms with Gasteiger partial charge >= 0.3 is 17.9 Å². The summed E-state index contributed by atoms with van der Waals surface area (Å²) in [6, 6.07) is 1.61. The number of ether oxygens (including phenoxy) is 3. The van der Waals surface area contributed by atoms with E-state index in [0.717, 1.165) is 6.08 Å². The number of carbonyl (C=O) groups is 7. The van der Waals surface area contributed by atoms with Gasteiger partial charge in [0.2, 0.25) is 5.78 Å². The third-order valence-electron chi connectivity index (χ3n) is 9.18. The Morgan fingerprint density at radius 3 is 1.81 bits per heavy atom. The predicted molar refractivity (Wildman–Crippen MR) is 194 cm³/mol. The van der Waals surface area contributed by atoms with Gasteiger partial charge in [0.1, 0.15) is 41.7 Å². The zero-order chi connectivity index (χ0) is 39.9. The van der Waals surface area contributed by atoms with Crippen LogP contribution in [0.25, 0.3) is 11.0 Å². The van der Waals surface area contributed by atoms with Crippen molar-refractivity contribution in [3.8, 4) is 5.75 Å². The summed E-state index contributed by atoms with van der Waals surface area (Å²) in [6.07, 6.45) is 6.63. The number of amides is 1. The van der Waals surface area contributed by atoms with Crippen molar-refractivity contribution in [3.05, 3.63) is 76.2 Å². The van der Waals surface area contributed by atoms with Gasteiger partial charge in [-0.05, 0) is 32.9 Å². The predicted octanol–water partition coefficient (Wildman–Crippen LogP) is 5.73. The number of benzene rings is 1. The Morgan fingerprint density at radius 1 is 0.792 bits per heavy atom. The lowest BCUT2D eigenvalue weighted by atomic mass is 9.79. The number of phenolic OH excluding ortho intramolecular Hbond substituents is 1. The van der Waals surface area contributed by atoms with E-state index in [4.69, 9.17) is 18.6 Å². The topological polar surface area (TPSA) is 193 Å². The monoisotopic (exact) mass is 733 g/mol. The zero-order valence-corrected chi connectivity index (χ0v) is 31.6. The Labute approximate surface area is 308 Å². The Hall–Kier alpha value is -5.59. The van der Waals surface area contributed by atoms with Gasteiger partial charge in [0.25, 0.3) is 5.91 Å². The number of Topliss-reactive ketones (excluding diaryl/α,β-unsaturated/α-hetero) is 1. The third kappa shape index (κ3) is 9.85. The van der Waals surface area contributed by atoms with E-state index in [1.54, 1.807) is 65.8 Å². The molecule has 3 rings (SSSR count). The SMILES string of the molecule is CC(=O)O[C@@H]([C@@H](C)[C@H](OC(C)=O)[C@H](C)/C=C/C=O)[C@H](C)[C@@H](OC(C)=O)[C@@H](C)/C=C/C=C(/C)C(=O)NC1=CC(=O)c2c(c(O)c(C)c3oc(C)cc23)C1=O. The van der Waals surface area contributed by atoms with Crippen LogP contribution < -0.4 is 5.32 Å². The molecule has 1 aromatic heterocycles. The van der Waals surface area contributed by atoms with Crippen molar-refractivity contribution in [2.75, 3.05) is 0 Å². The van der Waals surface area contributed by atoms with Gasteiger partial charge < -0.3 is 29.1 Å². The van der Waals surface area contributed by atoms with Crippen LogP contribution in [0, 0.1) is 37.5 Å². The summed E-state index contributed by atoms with van der Waals surface area (Å²) < 4.78 is 22.7. The van der Waals surface area contributed by atoms with E-state index in [-0.39, 0.29) is 28.0 Å². The molecule has 13 heteroatoms. The number of ketones is 2. The van der Waals surface area contributed by atoms with Gasteiger partial charge in [-0.15, -0.1) is 0 Å². The number of hydrogen-bond donors (Lipinski definition) is 2. The second kappa shape index (κ2) is 17.8. The smallest absolute Gasteiger partial charge is 0.302 e. The normalized spacial score (nSPS) is 17.3. The molecule has 7 atom stereocenters. The van der Waals surface area contributed by atoms with Crippen molar-refractivity contribution in [2.45, 2.75) is 87.5 Å². The molecular formula is C40H47NO12. The van der Waals surface area contributed by atoms with Gasteiger partial charge in [-0.25, -0.2) is 0 Å². The van der Waals surface area contributed by atoms with Crippen molar-refractivity contribution in [3.63, 3.8) is 0 Å². The minimum atomic E-state index is -0.904. The number of furan rings is 1. The quantitative estimate of drug-likeness (QED) is 0.0744. The molecule has 0 bridgehead atoms. The first-order chi connectivity index (χ1) is 24.8. The fraction of sp³-hybridized carbons (Fsp3) is 0.425. The maximum absolute atomic E-state index is 13.4. The summed E-state index contributed by atoms with van der Waals surface area (Å²) in [5, 5.41) is 13.7. The highest BCUT2D eigenvalue weighted by Gasteiger charge is 2.41. The fourth-order valence-electron chi connectivity index (χ4n) is 6.64. The van der Waals surface area contributed by atoms with Crippen molar-refractivity contribution in [1.82, 2.24) is 5.32 Å². The average molecular weight is 734 g/mol. The number of nitrogens with one attached hydrogen (secondary N) is 1. The Bertz CT molecular complexity index is 1930. The van der Waals surface area contributed by atoms with Crippen LogP contribution in [0.4, 0.5) is 0 Å². The van der Waals surface area contributed by atoms with Crippen LogP contribution >= 0.6 is 0 Å². The first-order valence-corrected chi connectivity index (χ1v) is 17.2. The summed E-state index contributed by atoms with van der Waals surface area (Å²) in [5.41, 5.74) is 0.228. The fourth-order valence-corrected chi connectivity index (χ4v) is 6.64. The molecule has 2 aromatic rings.